The van der Waals surface area contributed by atoms with E-state index in [-0.39, 0.29) is 24.3 Å². The van der Waals surface area contributed by atoms with Crippen LogP contribution in [0.5, 0.6) is 0 Å². The van der Waals surface area contributed by atoms with Crippen molar-refractivity contribution in [3.63, 3.8) is 0 Å². The molecule has 0 bridgehead atoms. The first-order valence-corrected chi connectivity index (χ1v) is 4.70. The molecule has 4 heteroatoms. The minimum absolute atomic E-state index is 0.0332. The maximum atomic E-state index is 11.6. The Morgan fingerprint density at radius 1 is 1.69 bits per heavy atom. The summed E-state index contributed by atoms with van der Waals surface area (Å²) in [5.74, 6) is 0.0751. The Bertz CT molecular complexity index is 216. The molecule has 0 aromatic rings. The largest absolute Gasteiger partial charge is 0.353 e. The van der Waals surface area contributed by atoms with Crippen molar-refractivity contribution in [1.29, 1.82) is 0 Å². The first kappa shape index (κ1) is 10.0. The molecule has 1 saturated heterocycles. The third kappa shape index (κ3) is 2.44. The molecule has 1 aliphatic rings. The topological polar surface area (TPSA) is 49.4 Å². The van der Waals surface area contributed by atoms with Gasteiger partial charge in [-0.1, -0.05) is 13.8 Å². The van der Waals surface area contributed by atoms with E-state index in [4.69, 9.17) is 0 Å². The van der Waals surface area contributed by atoms with E-state index in [2.05, 4.69) is 5.32 Å². The number of nitrogens with one attached hydrogen (secondary N) is 1. The van der Waals surface area contributed by atoms with Gasteiger partial charge in [0.05, 0.1) is 6.54 Å². The number of rotatable bonds is 2. The average molecular weight is 184 g/mol. The Balaban J connectivity index is 2.50. The van der Waals surface area contributed by atoms with Crippen molar-refractivity contribution in [2.75, 3.05) is 19.6 Å². The van der Waals surface area contributed by atoms with Gasteiger partial charge in [-0.15, -0.1) is 0 Å². The normalized spacial score (nSPS) is 19.5. The Kier molecular flexibility index (Phi) is 3.28. The van der Waals surface area contributed by atoms with E-state index < -0.39 is 0 Å². The van der Waals surface area contributed by atoms with Crippen molar-refractivity contribution < 1.29 is 9.59 Å². The van der Waals surface area contributed by atoms with Gasteiger partial charge in [-0.2, -0.15) is 0 Å². The molecule has 1 unspecified atom stereocenters. The summed E-state index contributed by atoms with van der Waals surface area (Å²) in [6.07, 6.45) is 0.830. The second kappa shape index (κ2) is 4.25. The van der Waals surface area contributed by atoms with Gasteiger partial charge in [-0.05, 0) is 6.42 Å². The van der Waals surface area contributed by atoms with Crippen molar-refractivity contribution in [1.82, 2.24) is 10.2 Å². The lowest BCUT2D eigenvalue weighted by atomic mass is 10.1. The molecule has 1 N–H and O–H groups in total. The van der Waals surface area contributed by atoms with Crippen LogP contribution in [0.25, 0.3) is 0 Å². The minimum Gasteiger partial charge on any atom is -0.353 e. The van der Waals surface area contributed by atoms with Gasteiger partial charge in [0.25, 0.3) is 0 Å². The number of hydrogen-bond donors (Lipinski definition) is 1. The molecular formula is C9H16N2O2. The number of carbonyl (C=O) groups is 2. The predicted octanol–water partition coefficient (Wildman–Crippen LogP) is -0.00910. The molecule has 0 spiro atoms. The molecule has 13 heavy (non-hydrogen) atoms. The van der Waals surface area contributed by atoms with Crippen LogP contribution in [-0.4, -0.2) is 36.3 Å². The SMILES string of the molecule is CCC(C)C(=O)N1CCNC(=O)C1. The van der Waals surface area contributed by atoms with Gasteiger partial charge in [0, 0.05) is 19.0 Å². The van der Waals surface area contributed by atoms with Crippen molar-refractivity contribution in [2.45, 2.75) is 20.3 Å². The summed E-state index contributed by atoms with van der Waals surface area (Å²) in [7, 11) is 0. The Hall–Kier alpha value is -1.06. The summed E-state index contributed by atoms with van der Waals surface area (Å²) in [6.45, 7) is 5.33. The molecule has 0 aromatic carbocycles. The molecule has 2 amide bonds. The molecule has 4 nitrogen and oxygen atoms in total. The molecule has 0 aliphatic carbocycles. The molecule has 0 radical (unpaired) electrons. The zero-order valence-electron chi connectivity index (χ0n) is 8.17. The van der Waals surface area contributed by atoms with Gasteiger partial charge >= 0.3 is 0 Å². The van der Waals surface area contributed by atoms with Crippen LogP contribution in [-0.2, 0) is 9.59 Å². The van der Waals surface area contributed by atoms with Gasteiger partial charge in [0.2, 0.25) is 11.8 Å². The fourth-order valence-electron chi connectivity index (χ4n) is 1.31. The summed E-state index contributed by atoms with van der Waals surface area (Å²) < 4.78 is 0. The molecule has 1 heterocycles. The molecule has 1 rings (SSSR count). The summed E-state index contributed by atoms with van der Waals surface area (Å²) >= 11 is 0. The van der Waals surface area contributed by atoms with E-state index in [1.165, 1.54) is 0 Å². The summed E-state index contributed by atoms with van der Waals surface area (Å²) in [5.41, 5.74) is 0. The summed E-state index contributed by atoms with van der Waals surface area (Å²) in [5, 5.41) is 2.69. The zero-order chi connectivity index (χ0) is 9.84. The number of hydrogen-bond acceptors (Lipinski definition) is 2. The van der Waals surface area contributed by atoms with Crippen molar-refractivity contribution >= 4 is 11.8 Å². The van der Waals surface area contributed by atoms with Gasteiger partial charge in [-0.25, -0.2) is 0 Å². The van der Waals surface area contributed by atoms with Crippen LogP contribution < -0.4 is 5.32 Å². The molecule has 0 saturated carbocycles. The maximum absolute atomic E-state index is 11.6. The standard InChI is InChI=1S/C9H16N2O2/c1-3-7(2)9(13)11-5-4-10-8(12)6-11/h7H,3-6H2,1-2H3,(H,10,12). The van der Waals surface area contributed by atoms with Crippen molar-refractivity contribution in [3.05, 3.63) is 0 Å². The molecular weight excluding hydrogens is 168 g/mol. The molecule has 74 valence electrons. The lowest BCUT2D eigenvalue weighted by Crippen LogP contribution is -2.51. The highest BCUT2D eigenvalue weighted by Gasteiger charge is 2.23. The van der Waals surface area contributed by atoms with E-state index in [9.17, 15) is 9.59 Å². The second-order valence-electron chi connectivity index (χ2n) is 3.42. The van der Waals surface area contributed by atoms with Crippen LogP contribution in [0.3, 0.4) is 0 Å². The van der Waals surface area contributed by atoms with E-state index in [1.54, 1.807) is 4.90 Å². The van der Waals surface area contributed by atoms with Gasteiger partial charge < -0.3 is 10.2 Å². The van der Waals surface area contributed by atoms with Crippen LogP contribution in [0, 0.1) is 5.92 Å². The molecule has 1 atom stereocenters. The lowest BCUT2D eigenvalue weighted by Gasteiger charge is -2.28. The fraction of sp³-hybridized carbons (Fsp3) is 0.778. The molecule has 1 fully saturated rings. The van der Waals surface area contributed by atoms with Crippen LogP contribution in [0.15, 0.2) is 0 Å². The van der Waals surface area contributed by atoms with Crippen LogP contribution in [0.4, 0.5) is 0 Å². The zero-order valence-corrected chi connectivity index (χ0v) is 8.17. The Morgan fingerprint density at radius 2 is 2.38 bits per heavy atom. The number of piperazine rings is 1. The van der Waals surface area contributed by atoms with E-state index in [0.29, 0.717) is 13.1 Å². The summed E-state index contributed by atoms with van der Waals surface area (Å²) in [6, 6.07) is 0. The van der Waals surface area contributed by atoms with Gasteiger partial charge in [-0.3, -0.25) is 9.59 Å². The second-order valence-corrected chi connectivity index (χ2v) is 3.42. The predicted molar refractivity (Wildman–Crippen MR) is 49.0 cm³/mol. The fourth-order valence-corrected chi connectivity index (χ4v) is 1.31. The lowest BCUT2D eigenvalue weighted by molar-refractivity contribution is -0.141. The minimum atomic E-state index is -0.0529. The van der Waals surface area contributed by atoms with E-state index >= 15 is 0 Å². The Morgan fingerprint density at radius 3 is 2.92 bits per heavy atom. The third-order valence-electron chi connectivity index (χ3n) is 2.38. The molecule has 1 aliphatic heterocycles. The van der Waals surface area contributed by atoms with E-state index in [0.717, 1.165) is 6.42 Å². The maximum Gasteiger partial charge on any atom is 0.239 e. The highest BCUT2D eigenvalue weighted by Crippen LogP contribution is 2.07. The monoisotopic (exact) mass is 184 g/mol. The van der Waals surface area contributed by atoms with Crippen molar-refractivity contribution in [3.8, 4) is 0 Å². The molecule has 0 aromatic heterocycles. The smallest absolute Gasteiger partial charge is 0.239 e. The first-order chi connectivity index (χ1) is 6.15. The average Bonchev–Trinajstić information content (AvgIpc) is 2.15. The van der Waals surface area contributed by atoms with Gasteiger partial charge in [0.15, 0.2) is 0 Å². The van der Waals surface area contributed by atoms with E-state index in [1.807, 2.05) is 13.8 Å². The van der Waals surface area contributed by atoms with Gasteiger partial charge in [0.1, 0.15) is 0 Å². The van der Waals surface area contributed by atoms with Crippen molar-refractivity contribution in [2.24, 2.45) is 5.92 Å². The van der Waals surface area contributed by atoms with Crippen LogP contribution in [0.2, 0.25) is 0 Å². The van der Waals surface area contributed by atoms with Crippen LogP contribution in [0.1, 0.15) is 20.3 Å². The number of amides is 2. The third-order valence-corrected chi connectivity index (χ3v) is 2.38. The Labute approximate surface area is 78.3 Å². The van der Waals surface area contributed by atoms with Crippen LogP contribution >= 0.6 is 0 Å². The summed E-state index contributed by atoms with van der Waals surface area (Å²) in [4.78, 5) is 24.2. The highest BCUT2D eigenvalue weighted by molar-refractivity contribution is 5.86. The first-order valence-electron chi connectivity index (χ1n) is 4.70. The number of carbonyl (C=O) groups excluding carboxylic acids is 2. The quantitative estimate of drug-likeness (QED) is 0.656. The number of nitrogens with zero attached hydrogens (tertiary/aromatic N) is 1. The highest BCUT2D eigenvalue weighted by atomic mass is 16.2.